The van der Waals surface area contributed by atoms with Crippen LogP contribution in [0.1, 0.15) is 23.1 Å². The molecule has 1 heterocycles. The van der Waals surface area contributed by atoms with Gasteiger partial charge in [-0.05, 0) is 38.0 Å². The number of thiazole rings is 1. The molecule has 0 aliphatic rings. The summed E-state index contributed by atoms with van der Waals surface area (Å²) in [5, 5.41) is 6.48. The summed E-state index contributed by atoms with van der Waals surface area (Å²) in [4.78, 5) is 9.95. The van der Waals surface area contributed by atoms with Crippen molar-refractivity contribution in [1.82, 2.24) is 15.6 Å². The van der Waals surface area contributed by atoms with E-state index >= 15 is 0 Å². The van der Waals surface area contributed by atoms with Crippen LogP contribution in [-0.4, -0.2) is 24.0 Å². The Balaban J connectivity index is 1.87. The van der Waals surface area contributed by atoms with Crippen LogP contribution in [0.4, 0.5) is 4.39 Å². The van der Waals surface area contributed by atoms with Crippen LogP contribution >= 0.6 is 11.3 Å². The Labute approximate surface area is 134 Å². The number of halogens is 1. The number of aromatic nitrogens is 1. The van der Waals surface area contributed by atoms with E-state index in [4.69, 9.17) is 0 Å². The third kappa shape index (κ3) is 5.11. The first-order valence-electron chi connectivity index (χ1n) is 7.34. The van der Waals surface area contributed by atoms with Gasteiger partial charge in [0, 0.05) is 18.0 Å². The number of rotatable bonds is 6. The highest BCUT2D eigenvalue weighted by atomic mass is 32.1. The zero-order chi connectivity index (χ0) is 15.8. The molecule has 2 aromatic rings. The largest absolute Gasteiger partial charge is 0.357 e. The molecule has 0 aliphatic heterocycles. The predicted molar refractivity (Wildman–Crippen MR) is 89.8 cm³/mol. The molecule has 0 atom stereocenters. The third-order valence-electron chi connectivity index (χ3n) is 3.17. The fourth-order valence-electron chi connectivity index (χ4n) is 1.99. The Morgan fingerprint density at radius 3 is 2.91 bits per heavy atom. The average Bonchev–Trinajstić information content (AvgIpc) is 2.90. The Morgan fingerprint density at radius 2 is 2.23 bits per heavy atom. The lowest BCUT2D eigenvalue weighted by Crippen LogP contribution is -2.38. The van der Waals surface area contributed by atoms with Gasteiger partial charge in [-0.2, -0.15) is 0 Å². The molecule has 118 valence electrons. The number of hydrogen-bond donors (Lipinski definition) is 2. The highest BCUT2D eigenvalue weighted by Crippen LogP contribution is 2.12. The van der Waals surface area contributed by atoms with Gasteiger partial charge < -0.3 is 10.6 Å². The number of aliphatic imine (C=N–C) groups is 1. The zero-order valence-corrected chi connectivity index (χ0v) is 13.7. The van der Waals surface area contributed by atoms with Gasteiger partial charge in [-0.3, -0.25) is 0 Å². The maximum Gasteiger partial charge on any atom is 0.191 e. The summed E-state index contributed by atoms with van der Waals surface area (Å²) in [7, 11) is 0. The van der Waals surface area contributed by atoms with Crippen molar-refractivity contribution in [3.8, 4) is 0 Å². The molecule has 0 fully saturated rings. The molecule has 4 nitrogen and oxygen atoms in total. The van der Waals surface area contributed by atoms with E-state index in [1.54, 1.807) is 23.5 Å². The van der Waals surface area contributed by atoms with Crippen molar-refractivity contribution >= 4 is 17.3 Å². The van der Waals surface area contributed by atoms with E-state index < -0.39 is 0 Å². The highest BCUT2D eigenvalue weighted by Gasteiger charge is 2.02. The number of nitrogens with zero attached hydrogens (tertiary/aromatic N) is 2. The van der Waals surface area contributed by atoms with E-state index in [0.717, 1.165) is 30.2 Å². The van der Waals surface area contributed by atoms with Crippen LogP contribution in [0.25, 0.3) is 0 Å². The SMILES string of the molecule is CCNC(=NCc1scnc1C)NCCc1cccc(F)c1. The summed E-state index contributed by atoms with van der Waals surface area (Å²) in [6.07, 6.45) is 0.752. The van der Waals surface area contributed by atoms with Crippen molar-refractivity contribution in [2.75, 3.05) is 13.1 Å². The van der Waals surface area contributed by atoms with Crippen LogP contribution in [0.5, 0.6) is 0 Å². The number of nitrogens with one attached hydrogen (secondary N) is 2. The first kappa shape index (κ1) is 16.4. The van der Waals surface area contributed by atoms with Crippen LogP contribution in [0.3, 0.4) is 0 Å². The van der Waals surface area contributed by atoms with Crippen molar-refractivity contribution in [2.24, 2.45) is 4.99 Å². The molecule has 0 saturated heterocycles. The summed E-state index contributed by atoms with van der Waals surface area (Å²) in [6.45, 7) is 6.14. The number of benzene rings is 1. The predicted octanol–water partition coefficient (Wildman–Crippen LogP) is 2.89. The normalized spacial score (nSPS) is 11.5. The molecule has 0 unspecified atom stereocenters. The molecule has 2 rings (SSSR count). The maximum absolute atomic E-state index is 13.1. The molecule has 0 radical (unpaired) electrons. The van der Waals surface area contributed by atoms with Crippen molar-refractivity contribution in [3.63, 3.8) is 0 Å². The van der Waals surface area contributed by atoms with E-state index in [9.17, 15) is 4.39 Å². The first-order chi connectivity index (χ1) is 10.7. The van der Waals surface area contributed by atoms with E-state index in [-0.39, 0.29) is 5.82 Å². The van der Waals surface area contributed by atoms with Crippen LogP contribution in [0.2, 0.25) is 0 Å². The van der Waals surface area contributed by atoms with Gasteiger partial charge >= 0.3 is 0 Å². The molecule has 1 aromatic heterocycles. The van der Waals surface area contributed by atoms with Gasteiger partial charge in [0.15, 0.2) is 5.96 Å². The Hall–Kier alpha value is -1.95. The Morgan fingerprint density at radius 1 is 1.36 bits per heavy atom. The topological polar surface area (TPSA) is 49.3 Å². The quantitative estimate of drug-likeness (QED) is 0.635. The summed E-state index contributed by atoms with van der Waals surface area (Å²) < 4.78 is 13.1. The molecule has 0 spiro atoms. The summed E-state index contributed by atoms with van der Waals surface area (Å²) >= 11 is 1.62. The zero-order valence-electron chi connectivity index (χ0n) is 12.9. The maximum atomic E-state index is 13.1. The smallest absolute Gasteiger partial charge is 0.191 e. The highest BCUT2D eigenvalue weighted by molar-refractivity contribution is 7.09. The number of aryl methyl sites for hydroxylation is 1. The molecule has 0 aliphatic carbocycles. The van der Waals surface area contributed by atoms with Crippen molar-refractivity contribution in [3.05, 3.63) is 51.7 Å². The molecule has 1 aromatic carbocycles. The summed E-state index contributed by atoms with van der Waals surface area (Å²) in [5.41, 5.74) is 3.84. The minimum atomic E-state index is -0.196. The lowest BCUT2D eigenvalue weighted by atomic mass is 10.1. The van der Waals surface area contributed by atoms with E-state index in [2.05, 4.69) is 20.6 Å². The molecule has 0 amide bonds. The first-order valence-corrected chi connectivity index (χ1v) is 8.22. The molecule has 22 heavy (non-hydrogen) atoms. The average molecular weight is 320 g/mol. The molecule has 0 bridgehead atoms. The van der Waals surface area contributed by atoms with Gasteiger partial charge in [-0.15, -0.1) is 11.3 Å². The van der Waals surface area contributed by atoms with Crippen LogP contribution in [0.15, 0.2) is 34.8 Å². The fraction of sp³-hybridized carbons (Fsp3) is 0.375. The van der Waals surface area contributed by atoms with Gasteiger partial charge in [0.25, 0.3) is 0 Å². The lowest BCUT2D eigenvalue weighted by Gasteiger charge is -2.11. The van der Waals surface area contributed by atoms with Crippen LogP contribution < -0.4 is 10.6 Å². The number of guanidine groups is 1. The van der Waals surface area contributed by atoms with Crippen LogP contribution in [0, 0.1) is 12.7 Å². The monoisotopic (exact) mass is 320 g/mol. The molecule has 2 N–H and O–H groups in total. The summed E-state index contributed by atoms with van der Waals surface area (Å²) in [5.74, 6) is 0.574. The van der Waals surface area contributed by atoms with E-state index in [1.165, 1.54) is 10.9 Å². The Kier molecular flexibility index (Phi) is 6.33. The molecular weight excluding hydrogens is 299 g/mol. The molecule has 0 saturated carbocycles. The van der Waals surface area contributed by atoms with Gasteiger partial charge in [-0.1, -0.05) is 12.1 Å². The van der Waals surface area contributed by atoms with Gasteiger partial charge in [0.2, 0.25) is 0 Å². The van der Waals surface area contributed by atoms with Crippen molar-refractivity contribution < 1.29 is 4.39 Å². The van der Waals surface area contributed by atoms with E-state index in [0.29, 0.717) is 13.1 Å². The second kappa shape index (κ2) is 8.48. The third-order valence-corrected chi connectivity index (χ3v) is 4.08. The van der Waals surface area contributed by atoms with E-state index in [1.807, 2.05) is 25.4 Å². The summed E-state index contributed by atoms with van der Waals surface area (Å²) in [6, 6.07) is 6.68. The minimum Gasteiger partial charge on any atom is -0.357 e. The van der Waals surface area contributed by atoms with Gasteiger partial charge in [0.05, 0.1) is 17.7 Å². The van der Waals surface area contributed by atoms with Crippen molar-refractivity contribution in [2.45, 2.75) is 26.8 Å². The standard InChI is InChI=1S/C16H21FN4S/c1-3-18-16(20-10-15-12(2)21-11-22-15)19-8-7-13-5-4-6-14(17)9-13/h4-6,9,11H,3,7-8,10H2,1-2H3,(H2,18,19,20). The second-order valence-corrected chi connectivity index (χ2v) is 5.80. The Bertz CT molecular complexity index is 624. The van der Waals surface area contributed by atoms with Crippen molar-refractivity contribution in [1.29, 1.82) is 0 Å². The minimum absolute atomic E-state index is 0.196. The lowest BCUT2D eigenvalue weighted by molar-refractivity contribution is 0.625. The van der Waals surface area contributed by atoms with Crippen LogP contribution in [-0.2, 0) is 13.0 Å². The van der Waals surface area contributed by atoms with Gasteiger partial charge in [-0.25, -0.2) is 14.4 Å². The molecule has 6 heteroatoms. The fourth-order valence-corrected chi connectivity index (χ4v) is 2.69. The second-order valence-electron chi connectivity index (χ2n) is 4.86. The molecular formula is C16H21FN4S. The number of hydrogen-bond acceptors (Lipinski definition) is 3. The van der Waals surface area contributed by atoms with Gasteiger partial charge in [0.1, 0.15) is 5.82 Å².